The summed E-state index contributed by atoms with van der Waals surface area (Å²) in [5.41, 5.74) is 4.40. The number of nitrogens with zero attached hydrogens (tertiary/aromatic N) is 1. The molecule has 2 atom stereocenters. The molecule has 2 amide bonds. The average Bonchev–Trinajstić information content (AvgIpc) is 3.22. The summed E-state index contributed by atoms with van der Waals surface area (Å²) in [6.07, 6.45) is 4.48. The van der Waals surface area contributed by atoms with Gasteiger partial charge in [0.1, 0.15) is 0 Å². The van der Waals surface area contributed by atoms with Crippen LogP contribution in [0, 0.1) is 11.8 Å². The summed E-state index contributed by atoms with van der Waals surface area (Å²) in [4.78, 5) is 28.3. The molecule has 0 spiro atoms. The number of carbonyl (C=O) groups is 2. The summed E-state index contributed by atoms with van der Waals surface area (Å²) in [5, 5.41) is 3.07. The largest absolute Gasteiger partial charge is 0.380 e. The van der Waals surface area contributed by atoms with E-state index in [1.807, 2.05) is 47.4 Å². The van der Waals surface area contributed by atoms with Gasteiger partial charge in [-0.1, -0.05) is 55.3 Å². The van der Waals surface area contributed by atoms with Crippen LogP contribution in [0.1, 0.15) is 42.4 Å². The Kier molecular flexibility index (Phi) is 6.48. The van der Waals surface area contributed by atoms with Gasteiger partial charge < -0.3 is 15.0 Å². The van der Waals surface area contributed by atoms with Gasteiger partial charge in [-0.3, -0.25) is 9.59 Å². The van der Waals surface area contributed by atoms with Gasteiger partial charge in [0.05, 0.1) is 12.5 Å². The van der Waals surface area contributed by atoms with E-state index >= 15 is 0 Å². The van der Waals surface area contributed by atoms with Gasteiger partial charge in [-0.25, -0.2) is 0 Å². The van der Waals surface area contributed by atoms with E-state index in [1.54, 1.807) is 7.11 Å². The van der Waals surface area contributed by atoms with Crippen molar-refractivity contribution in [3.8, 4) is 0 Å². The molecule has 1 aliphatic heterocycles. The van der Waals surface area contributed by atoms with Gasteiger partial charge in [0, 0.05) is 31.8 Å². The molecule has 2 aromatic rings. The van der Waals surface area contributed by atoms with Gasteiger partial charge in [0.25, 0.3) is 0 Å². The molecule has 2 unspecified atom stereocenters. The van der Waals surface area contributed by atoms with E-state index in [-0.39, 0.29) is 23.7 Å². The lowest BCUT2D eigenvalue weighted by Crippen LogP contribution is -2.45. The van der Waals surface area contributed by atoms with Gasteiger partial charge in [-0.05, 0) is 42.0 Å². The quantitative estimate of drug-likeness (QED) is 0.793. The zero-order valence-electron chi connectivity index (χ0n) is 17.6. The molecular weight excluding hydrogens is 376 g/mol. The van der Waals surface area contributed by atoms with Crippen LogP contribution in [-0.2, 0) is 33.9 Å². The highest BCUT2D eigenvalue weighted by Gasteiger charge is 2.39. The zero-order valence-corrected chi connectivity index (χ0v) is 17.6. The minimum atomic E-state index is -0.244. The van der Waals surface area contributed by atoms with Crippen molar-refractivity contribution < 1.29 is 14.3 Å². The fourth-order valence-corrected chi connectivity index (χ4v) is 4.75. The molecule has 5 nitrogen and oxygen atoms in total. The van der Waals surface area contributed by atoms with E-state index in [2.05, 4.69) is 11.4 Å². The first-order chi connectivity index (χ1) is 14.7. The maximum atomic E-state index is 13.4. The lowest BCUT2D eigenvalue weighted by atomic mass is 9.77. The smallest absolute Gasteiger partial charge is 0.230 e. The van der Waals surface area contributed by atoms with Gasteiger partial charge in [-0.15, -0.1) is 0 Å². The molecule has 1 aliphatic carbocycles. The standard InChI is InChI=1S/C25H30N2O3/c1-30-17-19-12-10-18(11-13-19)16-26-24(28)21-7-3-4-8-22(21)25(29)27-15-14-20-6-2-5-9-23(20)27/h2,5-6,9-13,21-22H,3-4,7-8,14-17H2,1H3,(H,26,28). The molecule has 1 saturated carbocycles. The molecule has 2 aliphatic rings. The average molecular weight is 407 g/mol. The highest BCUT2D eigenvalue weighted by Crippen LogP contribution is 2.36. The molecule has 0 bridgehead atoms. The van der Waals surface area contributed by atoms with Crippen molar-refractivity contribution in [2.24, 2.45) is 11.8 Å². The summed E-state index contributed by atoms with van der Waals surface area (Å²) in [6.45, 7) is 1.78. The maximum Gasteiger partial charge on any atom is 0.230 e. The van der Waals surface area contributed by atoms with Crippen LogP contribution in [0.2, 0.25) is 0 Å². The van der Waals surface area contributed by atoms with Gasteiger partial charge >= 0.3 is 0 Å². The Morgan fingerprint density at radius 3 is 2.47 bits per heavy atom. The van der Waals surface area contributed by atoms with Crippen LogP contribution in [0.5, 0.6) is 0 Å². The Morgan fingerprint density at radius 1 is 1.00 bits per heavy atom. The van der Waals surface area contributed by atoms with Crippen LogP contribution in [0.15, 0.2) is 48.5 Å². The maximum absolute atomic E-state index is 13.4. The number of carbonyl (C=O) groups excluding carboxylic acids is 2. The van der Waals surface area contributed by atoms with Crippen molar-refractivity contribution in [1.82, 2.24) is 5.32 Å². The van der Waals surface area contributed by atoms with E-state index in [9.17, 15) is 9.59 Å². The molecule has 30 heavy (non-hydrogen) atoms. The SMILES string of the molecule is COCc1ccc(CNC(=O)C2CCCCC2C(=O)N2CCc3ccccc32)cc1. The number of rotatable bonds is 6. The number of ether oxygens (including phenoxy) is 1. The van der Waals surface area contributed by atoms with E-state index in [1.165, 1.54) is 5.56 Å². The summed E-state index contributed by atoms with van der Waals surface area (Å²) < 4.78 is 5.14. The Bertz CT molecular complexity index is 894. The van der Waals surface area contributed by atoms with Crippen LogP contribution in [0.3, 0.4) is 0 Å². The minimum Gasteiger partial charge on any atom is -0.380 e. The van der Waals surface area contributed by atoms with Crippen molar-refractivity contribution in [2.45, 2.75) is 45.3 Å². The summed E-state index contributed by atoms with van der Waals surface area (Å²) >= 11 is 0. The summed E-state index contributed by atoms with van der Waals surface area (Å²) in [6, 6.07) is 16.2. The second-order valence-electron chi connectivity index (χ2n) is 8.33. The third-order valence-corrected chi connectivity index (χ3v) is 6.37. The Labute approximate surface area is 178 Å². The molecule has 0 radical (unpaired) electrons. The molecule has 4 rings (SSSR count). The minimum absolute atomic E-state index is 0.00139. The number of methoxy groups -OCH3 is 1. The molecule has 5 heteroatoms. The van der Waals surface area contributed by atoms with Crippen LogP contribution in [-0.4, -0.2) is 25.5 Å². The third-order valence-electron chi connectivity index (χ3n) is 6.37. The van der Waals surface area contributed by atoms with E-state index in [0.29, 0.717) is 13.2 Å². The number of hydrogen-bond acceptors (Lipinski definition) is 3. The van der Waals surface area contributed by atoms with Crippen molar-refractivity contribution >= 4 is 17.5 Å². The van der Waals surface area contributed by atoms with Crippen molar-refractivity contribution in [3.63, 3.8) is 0 Å². The van der Waals surface area contributed by atoms with E-state index in [4.69, 9.17) is 4.74 Å². The third kappa shape index (κ3) is 4.41. The number of fused-ring (bicyclic) bond motifs is 1. The summed E-state index contributed by atoms with van der Waals surface area (Å²) in [5.74, 6) is -0.356. The second kappa shape index (κ2) is 9.43. The first-order valence-electron chi connectivity index (χ1n) is 10.9. The van der Waals surface area contributed by atoms with E-state index < -0.39 is 0 Å². The Hall–Kier alpha value is -2.66. The number of benzene rings is 2. The number of hydrogen-bond donors (Lipinski definition) is 1. The van der Waals surface area contributed by atoms with Gasteiger partial charge in [-0.2, -0.15) is 0 Å². The number of nitrogens with one attached hydrogen (secondary N) is 1. The molecule has 1 N–H and O–H groups in total. The van der Waals surface area contributed by atoms with Crippen LogP contribution in [0.4, 0.5) is 5.69 Å². The first-order valence-corrected chi connectivity index (χ1v) is 10.9. The molecule has 2 aromatic carbocycles. The van der Waals surface area contributed by atoms with Crippen molar-refractivity contribution in [1.29, 1.82) is 0 Å². The molecule has 1 fully saturated rings. The zero-order chi connectivity index (χ0) is 20.9. The fourth-order valence-electron chi connectivity index (χ4n) is 4.75. The number of amides is 2. The van der Waals surface area contributed by atoms with Crippen molar-refractivity contribution in [3.05, 3.63) is 65.2 Å². The Morgan fingerprint density at radius 2 is 1.70 bits per heavy atom. The lowest BCUT2D eigenvalue weighted by Gasteiger charge is -2.32. The van der Waals surface area contributed by atoms with Crippen LogP contribution < -0.4 is 10.2 Å². The van der Waals surface area contributed by atoms with Crippen LogP contribution >= 0.6 is 0 Å². The highest BCUT2D eigenvalue weighted by molar-refractivity contribution is 5.99. The van der Waals surface area contributed by atoms with Crippen molar-refractivity contribution in [2.75, 3.05) is 18.6 Å². The molecule has 158 valence electrons. The monoisotopic (exact) mass is 406 g/mol. The molecule has 0 saturated heterocycles. The highest BCUT2D eigenvalue weighted by atomic mass is 16.5. The predicted octanol–water partition coefficient (Wildman–Crippen LogP) is 3.84. The lowest BCUT2D eigenvalue weighted by molar-refractivity contribution is -0.135. The van der Waals surface area contributed by atoms with Gasteiger partial charge in [0.2, 0.25) is 11.8 Å². The topological polar surface area (TPSA) is 58.6 Å². The van der Waals surface area contributed by atoms with E-state index in [0.717, 1.165) is 55.5 Å². The molecule has 0 aromatic heterocycles. The number of para-hydroxylation sites is 1. The first kappa shape index (κ1) is 20.6. The summed E-state index contributed by atoms with van der Waals surface area (Å²) in [7, 11) is 1.68. The Balaban J connectivity index is 1.40. The van der Waals surface area contributed by atoms with Crippen LogP contribution in [0.25, 0.3) is 0 Å². The molecule has 1 heterocycles. The number of anilines is 1. The predicted molar refractivity (Wildman–Crippen MR) is 117 cm³/mol. The normalized spacial score (nSPS) is 20.6. The van der Waals surface area contributed by atoms with Gasteiger partial charge in [0.15, 0.2) is 0 Å². The fraction of sp³-hybridized carbons (Fsp3) is 0.440. The second-order valence-corrected chi connectivity index (χ2v) is 8.33. The molecular formula is C25H30N2O3.